The quantitative estimate of drug-likeness (QED) is 0.620. The number of hydrogen-bond acceptors (Lipinski definition) is 4. The van der Waals surface area contributed by atoms with Crippen LogP contribution in [0.15, 0.2) is 18.2 Å². The van der Waals surface area contributed by atoms with Crippen molar-refractivity contribution in [3.8, 4) is 0 Å². The minimum atomic E-state index is -1.46. The fourth-order valence-electron chi connectivity index (χ4n) is 1.82. The van der Waals surface area contributed by atoms with Gasteiger partial charge in [-0.15, -0.1) is 0 Å². The fraction of sp³-hybridized carbons (Fsp3) is 0.467. The van der Waals surface area contributed by atoms with E-state index in [2.05, 4.69) is 10.9 Å². The van der Waals surface area contributed by atoms with Gasteiger partial charge < -0.3 is 9.47 Å². The van der Waals surface area contributed by atoms with Gasteiger partial charge in [0.15, 0.2) is 0 Å². The molecule has 7 heteroatoms. The van der Waals surface area contributed by atoms with Crippen molar-refractivity contribution < 1.29 is 19.1 Å². The number of aryl methyl sites for hydroxylation is 1. The summed E-state index contributed by atoms with van der Waals surface area (Å²) in [7, 11) is 0. The van der Waals surface area contributed by atoms with Crippen molar-refractivity contribution in [3.05, 3.63) is 34.3 Å². The van der Waals surface area contributed by atoms with Crippen LogP contribution in [0.3, 0.4) is 0 Å². The van der Waals surface area contributed by atoms with Gasteiger partial charge in [0.25, 0.3) is 11.8 Å². The Morgan fingerprint density at radius 3 is 2.27 bits per heavy atom. The molecule has 0 aliphatic carbocycles. The first kappa shape index (κ1) is 18.4. The molecule has 0 fully saturated rings. The first-order chi connectivity index (χ1) is 10.3. The molecule has 2 N–H and O–H groups in total. The van der Waals surface area contributed by atoms with Gasteiger partial charge >= 0.3 is 0 Å². The van der Waals surface area contributed by atoms with Gasteiger partial charge in [-0.1, -0.05) is 17.7 Å². The third-order valence-corrected chi connectivity index (χ3v) is 3.22. The van der Waals surface area contributed by atoms with Crippen LogP contribution in [0.25, 0.3) is 0 Å². The monoisotopic (exact) mass is 328 g/mol. The molecule has 0 bridgehead atoms. The summed E-state index contributed by atoms with van der Waals surface area (Å²) in [6.45, 7) is 7.43. The third-order valence-electron chi connectivity index (χ3n) is 2.91. The van der Waals surface area contributed by atoms with Crippen LogP contribution in [0.2, 0.25) is 5.02 Å². The van der Waals surface area contributed by atoms with Crippen molar-refractivity contribution in [3.63, 3.8) is 0 Å². The Bertz CT molecular complexity index is 542. The zero-order valence-corrected chi connectivity index (χ0v) is 13.9. The zero-order valence-electron chi connectivity index (χ0n) is 13.2. The van der Waals surface area contributed by atoms with Gasteiger partial charge in [0.2, 0.25) is 5.79 Å². The molecule has 0 atom stereocenters. The summed E-state index contributed by atoms with van der Waals surface area (Å²) in [6, 6.07) is 5.01. The SMILES string of the molecule is CCOC(C)(OCC)C(=O)NNC(=O)c1ccc(C)cc1Cl. The van der Waals surface area contributed by atoms with E-state index in [4.69, 9.17) is 21.1 Å². The topological polar surface area (TPSA) is 76.7 Å². The highest BCUT2D eigenvalue weighted by Crippen LogP contribution is 2.17. The van der Waals surface area contributed by atoms with E-state index in [1.165, 1.54) is 6.92 Å². The first-order valence-corrected chi connectivity index (χ1v) is 7.36. The van der Waals surface area contributed by atoms with Crippen molar-refractivity contribution in [2.45, 2.75) is 33.5 Å². The molecule has 1 aromatic rings. The predicted octanol–water partition coefficient (Wildman–Crippen LogP) is 2.20. The normalized spacial score (nSPS) is 11.1. The van der Waals surface area contributed by atoms with E-state index in [9.17, 15) is 9.59 Å². The minimum absolute atomic E-state index is 0.266. The zero-order chi connectivity index (χ0) is 16.8. The highest BCUT2D eigenvalue weighted by atomic mass is 35.5. The van der Waals surface area contributed by atoms with Crippen LogP contribution in [0.1, 0.15) is 36.7 Å². The number of carbonyl (C=O) groups excluding carboxylic acids is 2. The summed E-state index contributed by atoms with van der Waals surface area (Å²) in [5, 5.41) is 0.309. The van der Waals surface area contributed by atoms with E-state index in [0.29, 0.717) is 18.2 Å². The van der Waals surface area contributed by atoms with Crippen molar-refractivity contribution >= 4 is 23.4 Å². The highest BCUT2D eigenvalue weighted by molar-refractivity contribution is 6.33. The molecule has 122 valence electrons. The Balaban J connectivity index is 2.71. The van der Waals surface area contributed by atoms with Gasteiger partial charge in [0, 0.05) is 13.2 Å². The molecule has 0 aliphatic heterocycles. The molecule has 0 saturated heterocycles. The number of rotatable bonds is 6. The molecule has 2 amide bonds. The lowest BCUT2D eigenvalue weighted by Gasteiger charge is -2.27. The maximum Gasteiger partial charge on any atom is 0.298 e. The van der Waals surface area contributed by atoms with Crippen LogP contribution in [-0.2, 0) is 14.3 Å². The van der Waals surface area contributed by atoms with E-state index in [1.807, 2.05) is 6.92 Å². The van der Waals surface area contributed by atoms with Crippen molar-refractivity contribution in [1.29, 1.82) is 0 Å². The lowest BCUT2D eigenvalue weighted by atomic mass is 10.1. The molecular formula is C15H21ClN2O4. The fourth-order valence-corrected chi connectivity index (χ4v) is 2.14. The summed E-state index contributed by atoms with van der Waals surface area (Å²) in [5.74, 6) is -2.59. The number of hydrogen-bond donors (Lipinski definition) is 2. The van der Waals surface area contributed by atoms with Crippen LogP contribution < -0.4 is 10.9 Å². The molecule has 0 aliphatic rings. The van der Waals surface area contributed by atoms with E-state index < -0.39 is 17.6 Å². The number of amides is 2. The second-order valence-corrected chi connectivity index (χ2v) is 5.11. The number of hydrazine groups is 1. The molecule has 0 aromatic heterocycles. The molecule has 0 heterocycles. The number of ether oxygens (including phenoxy) is 2. The van der Waals surface area contributed by atoms with Crippen molar-refractivity contribution in [2.24, 2.45) is 0 Å². The average molecular weight is 329 g/mol. The predicted molar refractivity (Wildman–Crippen MR) is 83.5 cm³/mol. The largest absolute Gasteiger partial charge is 0.343 e. The molecule has 1 rings (SSSR count). The average Bonchev–Trinajstić information content (AvgIpc) is 2.44. The molecule has 0 unspecified atom stereocenters. The molecule has 0 radical (unpaired) electrons. The molecular weight excluding hydrogens is 308 g/mol. The Hall–Kier alpha value is -1.63. The Morgan fingerprint density at radius 2 is 1.77 bits per heavy atom. The van der Waals surface area contributed by atoms with E-state index >= 15 is 0 Å². The number of halogens is 1. The lowest BCUT2D eigenvalue weighted by Crippen LogP contribution is -2.54. The van der Waals surface area contributed by atoms with E-state index in [-0.39, 0.29) is 5.56 Å². The Morgan fingerprint density at radius 1 is 1.18 bits per heavy atom. The number of benzene rings is 1. The standard InChI is InChI=1S/C15H21ClN2O4/c1-5-21-15(4,22-6-2)14(20)18-17-13(19)11-8-7-10(3)9-12(11)16/h7-9H,5-6H2,1-4H3,(H,17,19)(H,18,20). The van der Waals surface area contributed by atoms with Gasteiger partial charge in [-0.25, -0.2) is 0 Å². The number of carbonyl (C=O) groups is 2. The van der Waals surface area contributed by atoms with Crippen molar-refractivity contribution in [2.75, 3.05) is 13.2 Å². The van der Waals surface area contributed by atoms with Crippen LogP contribution in [0.5, 0.6) is 0 Å². The second-order valence-electron chi connectivity index (χ2n) is 4.70. The molecule has 1 aromatic carbocycles. The lowest BCUT2D eigenvalue weighted by molar-refractivity contribution is -0.219. The molecule has 6 nitrogen and oxygen atoms in total. The van der Waals surface area contributed by atoms with Gasteiger partial charge in [-0.2, -0.15) is 0 Å². The van der Waals surface area contributed by atoms with Crippen molar-refractivity contribution in [1.82, 2.24) is 10.9 Å². The third kappa shape index (κ3) is 4.69. The maximum absolute atomic E-state index is 12.1. The van der Waals surface area contributed by atoms with Crippen LogP contribution in [0.4, 0.5) is 0 Å². The first-order valence-electron chi connectivity index (χ1n) is 6.99. The summed E-state index contributed by atoms with van der Waals surface area (Å²) in [6.07, 6.45) is 0. The Labute approximate surface area is 135 Å². The second kappa shape index (κ2) is 8.12. The van der Waals surface area contributed by atoms with Crippen LogP contribution in [-0.4, -0.2) is 30.8 Å². The molecule has 0 saturated carbocycles. The summed E-state index contributed by atoms with van der Waals surface area (Å²) < 4.78 is 10.6. The van der Waals surface area contributed by atoms with Gasteiger partial charge in [0.1, 0.15) is 0 Å². The van der Waals surface area contributed by atoms with Gasteiger partial charge in [-0.3, -0.25) is 20.4 Å². The van der Waals surface area contributed by atoms with Gasteiger partial charge in [0.05, 0.1) is 10.6 Å². The van der Waals surface area contributed by atoms with Crippen LogP contribution in [0, 0.1) is 6.92 Å². The summed E-state index contributed by atoms with van der Waals surface area (Å²) >= 11 is 6.01. The molecule has 22 heavy (non-hydrogen) atoms. The smallest absolute Gasteiger partial charge is 0.298 e. The highest BCUT2D eigenvalue weighted by Gasteiger charge is 2.35. The summed E-state index contributed by atoms with van der Waals surface area (Å²) in [4.78, 5) is 24.1. The minimum Gasteiger partial charge on any atom is -0.343 e. The van der Waals surface area contributed by atoms with E-state index in [0.717, 1.165) is 5.56 Å². The van der Waals surface area contributed by atoms with E-state index in [1.54, 1.807) is 32.0 Å². The summed E-state index contributed by atoms with van der Waals surface area (Å²) in [5.41, 5.74) is 5.79. The Kier molecular flexibility index (Phi) is 6.80. The number of nitrogens with one attached hydrogen (secondary N) is 2. The maximum atomic E-state index is 12.1. The van der Waals surface area contributed by atoms with Crippen LogP contribution >= 0.6 is 11.6 Å². The van der Waals surface area contributed by atoms with Gasteiger partial charge in [-0.05, 0) is 45.4 Å². The molecule has 0 spiro atoms.